The van der Waals surface area contributed by atoms with Crippen LogP contribution in [0.5, 0.6) is 0 Å². The number of nitriles is 1. The minimum atomic E-state index is -0.262. The topological polar surface area (TPSA) is 88.8 Å². The van der Waals surface area contributed by atoms with Gasteiger partial charge in [0, 0.05) is 6.54 Å². The summed E-state index contributed by atoms with van der Waals surface area (Å²) in [4.78, 5) is 31.9. The molecule has 7 nitrogen and oxygen atoms in total. The molecule has 1 aromatic rings. The number of carbonyl (C=O) groups is 2. The van der Waals surface area contributed by atoms with Gasteiger partial charge in [-0.05, 0) is 36.8 Å². The molecule has 1 atom stereocenters. The van der Waals surface area contributed by atoms with Gasteiger partial charge in [-0.3, -0.25) is 15.0 Å². The molecule has 0 spiro atoms. The molecule has 1 aromatic carbocycles. The maximum Gasteiger partial charge on any atom is 0.327 e. The van der Waals surface area contributed by atoms with E-state index in [4.69, 9.17) is 5.26 Å². The number of carbonyl (C=O) groups excluding carboxylic acids is 2. The van der Waals surface area contributed by atoms with Crippen molar-refractivity contribution >= 4 is 34.6 Å². The highest BCUT2D eigenvalue weighted by molar-refractivity contribution is 8.13. The number of amidine groups is 1. The maximum atomic E-state index is 12.3. The lowest BCUT2D eigenvalue weighted by molar-refractivity contribution is -0.128. The molecule has 2 aliphatic rings. The fourth-order valence-electron chi connectivity index (χ4n) is 2.98. The molecule has 2 aliphatic heterocycles. The minimum Gasteiger partial charge on any atom is -0.312 e. The van der Waals surface area contributed by atoms with E-state index in [1.54, 1.807) is 17.0 Å². The molecule has 1 unspecified atom stereocenters. The smallest absolute Gasteiger partial charge is 0.312 e. The van der Waals surface area contributed by atoms with Crippen molar-refractivity contribution in [2.75, 3.05) is 12.8 Å². The highest BCUT2D eigenvalue weighted by Crippen LogP contribution is 2.28. The Morgan fingerprint density at radius 1 is 1.42 bits per heavy atom. The largest absolute Gasteiger partial charge is 0.327 e. The van der Waals surface area contributed by atoms with Gasteiger partial charge in [0.05, 0.1) is 12.2 Å². The van der Waals surface area contributed by atoms with Crippen LogP contribution in [0.2, 0.25) is 0 Å². The van der Waals surface area contributed by atoms with E-state index < -0.39 is 0 Å². The average Bonchev–Trinajstić information content (AvgIpc) is 3.16. The third kappa shape index (κ3) is 3.08. The van der Waals surface area contributed by atoms with Crippen molar-refractivity contribution in [1.29, 1.82) is 5.26 Å². The Morgan fingerprint density at radius 3 is 2.79 bits per heavy atom. The lowest BCUT2D eigenvalue weighted by Crippen LogP contribution is -2.32. The van der Waals surface area contributed by atoms with Crippen LogP contribution in [-0.4, -0.2) is 45.7 Å². The second-order valence-corrected chi connectivity index (χ2v) is 6.38. The molecule has 124 valence electrons. The molecule has 0 bridgehead atoms. The van der Waals surface area contributed by atoms with Crippen LogP contribution in [0.4, 0.5) is 10.5 Å². The summed E-state index contributed by atoms with van der Waals surface area (Å²) in [5, 5.41) is 11.7. The zero-order valence-electron chi connectivity index (χ0n) is 13.2. The van der Waals surface area contributed by atoms with Gasteiger partial charge in [0.15, 0.2) is 11.4 Å². The molecule has 2 heterocycles. The van der Waals surface area contributed by atoms with Gasteiger partial charge in [-0.2, -0.15) is 5.26 Å². The van der Waals surface area contributed by atoms with Crippen molar-refractivity contribution in [3.8, 4) is 6.19 Å². The number of hydrogen-bond acceptors (Lipinski definition) is 5. The Labute approximate surface area is 144 Å². The van der Waals surface area contributed by atoms with E-state index in [-0.39, 0.29) is 24.5 Å². The molecule has 0 saturated carbocycles. The molecule has 0 aromatic heterocycles. The van der Waals surface area contributed by atoms with E-state index >= 15 is 0 Å². The van der Waals surface area contributed by atoms with Crippen molar-refractivity contribution in [2.45, 2.75) is 25.4 Å². The highest BCUT2D eigenvalue weighted by atomic mass is 32.2. The van der Waals surface area contributed by atoms with Crippen molar-refractivity contribution in [3.63, 3.8) is 0 Å². The average molecular weight is 343 g/mol. The quantitative estimate of drug-likeness (QED) is 0.298. The summed E-state index contributed by atoms with van der Waals surface area (Å²) >= 11 is 1.34. The molecule has 2 saturated heterocycles. The second-order valence-electron chi connectivity index (χ2n) is 5.58. The molecule has 3 amide bonds. The summed E-state index contributed by atoms with van der Waals surface area (Å²) in [7, 11) is 0. The van der Waals surface area contributed by atoms with Crippen molar-refractivity contribution < 1.29 is 9.59 Å². The number of benzene rings is 1. The third-order valence-electron chi connectivity index (χ3n) is 4.14. The summed E-state index contributed by atoms with van der Waals surface area (Å²) in [5.41, 5.74) is 1.57. The Morgan fingerprint density at radius 2 is 2.17 bits per heavy atom. The first kappa shape index (κ1) is 16.3. The van der Waals surface area contributed by atoms with Crippen LogP contribution in [0.3, 0.4) is 0 Å². The van der Waals surface area contributed by atoms with E-state index in [0.717, 1.165) is 18.4 Å². The highest BCUT2D eigenvalue weighted by Gasteiger charge is 2.47. The number of nitrogens with one attached hydrogen (secondary N) is 1. The van der Waals surface area contributed by atoms with Crippen LogP contribution in [0, 0.1) is 11.5 Å². The predicted octanol–water partition coefficient (Wildman–Crippen LogP) is 2.03. The van der Waals surface area contributed by atoms with Crippen molar-refractivity contribution in [3.05, 3.63) is 29.8 Å². The maximum absolute atomic E-state index is 12.3. The molecule has 1 N–H and O–H groups in total. The molecule has 24 heavy (non-hydrogen) atoms. The SMILES string of the molecule is CSC(=Nc1ccc(CN2C(=O)C3CCCN3C2=O)cc1)NC#N. The molecule has 0 radical (unpaired) electrons. The minimum absolute atomic E-state index is 0.0949. The number of urea groups is 1. The number of thioether (sulfide) groups is 1. The molecule has 8 heteroatoms. The number of rotatable bonds is 3. The number of hydrogen-bond donors (Lipinski definition) is 1. The van der Waals surface area contributed by atoms with Crippen LogP contribution in [-0.2, 0) is 11.3 Å². The van der Waals surface area contributed by atoms with Crippen LogP contribution in [0.1, 0.15) is 18.4 Å². The summed E-state index contributed by atoms with van der Waals surface area (Å²) in [6.45, 7) is 0.948. The molecular weight excluding hydrogens is 326 g/mol. The van der Waals surface area contributed by atoms with E-state index in [9.17, 15) is 9.59 Å². The van der Waals surface area contributed by atoms with Crippen molar-refractivity contribution in [2.24, 2.45) is 4.99 Å². The molecule has 3 rings (SSSR count). The second kappa shape index (κ2) is 6.93. The number of amides is 3. The van der Waals surface area contributed by atoms with Crippen molar-refractivity contribution in [1.82, 2.24) is 15.1 Å². The summed E-state index contributed by atoms with van der Waals surface area (Å²) in [6, 6.07) is 6.84. The van der Waals surface area contributed by atoms with Gasteiger partial charge in [0.25, 0.3) is 5.91 Å². The van der Waals surface area contributed by atoms with Crippen LogP contribution < -0.4 is 5.32 Å². The fraction of sp³-hybridized carbons (Fsp3) is 0.375. The van der Waals surface area contributed by atoms with Gasteiger partial charge in [-0.1, -0.05) is 23.9 Å². The Kier molecular flexibility index (Phi) is 4.71. The molecule has 0 aliphatic carbocycles. The predicted molar refractivity (Wildman–Crippen MR) is 91.5 cm³/mol. The van der Waals surface area contributed by atoms with E-state index in [1.165, 1.54) is 16.7 Å². The van der Waals surface area contributed by atoms with E-state index in [2.05, 4.69) is 10.3 Å². The van der Waals surface area contributed by atoms with E-state index in [1.807, 2.05) is 24.6 Å². The summed E-state index contributed by atoms with van der Waals surface area (Å²) in [5.74, 6) is -0.0949. The fourth-order valence-corrected chi connectivity index (χ4v) is 3.32. The first-order valence-corrected chi connectivity index (χ1v) is 8.85. The van der Waals surface area contributed by atoms with E-state index in [0.29, 0.717) is 17.4 Å². The zero-order valence-corrected chi connectivity index (χ0v) is 14.0. The Hall–Kier alpha value is -2.53. The molecule has 2 fully saturated rings. The first-order valence-electron chi connectivity index (χ1n) is 7.62. The monoisotopic (exact) mass is 343 g/mol. The summed E-state index contributed by atoms with van der Waals surface area (Å²) < 4.78 is 0. The number of fused-ring (bicyclic) bond motifs is 1. The van der Waals surface area contributed by atoms with Crippen LogP contribution in [0.25, 0.3) is 0 Å². The first-order chi connectivity index (χ1) is 11.6. The Bertz CT molecular complexity index is 703. The van der Waals surface area contributed by atoms with Gasteiger partial charge in [-0.25, -0.2) is 9.79 Å². The normalized spacial score (nSPS) is 20.3. The van der Waals surface area contributed by atoms with Crippen LogP contribution >= 0.6 is 11.8 Å². The standard InChI is InChI=1S/C16H17N5O2S/c1-24-15(18-10-17)19-12-6-4-11(5-7-12)9-21-14(22)13-3-2-8-20(13)16(21)23/h4-7,13H,2-3,8-9H2,1H3,(H,18,19). The van der Waals surface area contributed by atoms with Gasteiger partial charge in [0.1, 0.15) is 6.04 Å². The Balaban J connectivity index is 1.70. The zero-order chi connectivity index (χ0) is 17.1. The third-order valence-corrected chi connectivity index (χ3v) is 4.72. The van der Waals surface area contributed by atoms with Gasteiger partial charge >= 0.3 is 6.03 Å². The lowest BCUT2D eigenvalue weighted by Gasteiger charge is -2.15. The number of nitrogens with zero attached hydrogens (tertiary/aromatic N) is 4. The summed E-state index contributed by atoms with van der Waals surface area (Å²) in [6.07, 6.45) is 5.33. The number of imide groups is 1. The van der Waals surface area contributed by atoms with Crippen LogP contribution in [0.15, 0.2) is 29.3 Å². The van der Waals surface area contributed by atoms with Gasteiger partial charge < -0.3 is 4.90 Å². The van der Waals surface area contributed by atoms with Gasteiger partial charge in [-0.15, -0.1) is 0 Å². The number of aliphatic imine (C=N–C) groups is 1. The lowest BCUT2D eigenvalue weighted by atomic mass is 10.2. The van der Waals surface area contributed by atoms with Gasteiger partial charge in [0.2, 0.25) is 0 Å². The molecular formula is C16H17N5O2S.